The number of anilines is 1. The average molecular weight is 404 g/mol. The summed E-state index contributed by atoms with van der Waals surface area (Å²) in [4.78, 5) is 18.3. The van der Waals surface area contributed by atoms with Gasteiger partial charge in [0.2, 0.25) is 0 Å². The number of nitrogens with zero attached hydrogens (tertiary/aromatic N) is 4. The van der Waals surface area contributed by atoms with Crippen LogP contribution in [0.3, 0.4) is 0 Å². The Kier molecular flexibility index (Phi) is 4.67. The molecule has 1 saturated heterocycles. The second-order valence-corrected chi connectivity index (χ2v) is 9.31. The number of hydrogen-bond acceptors (Lipinski definition) is 5. The Labute approximate surface area is 164 Å². The molecule has 9 heteroatoms. The van der Waals surface area contributed by atoms with Crippen LogP contribution in [0.15, 0.2) is 29.4 Å². The van der Waals surface area contributed by atoms with E-state index in [1.54, 1.807) is 23.4 Å². The number of imidazole rings is 1. The normalized spacial score (nSPS) is 18.8. The topological polar surface area (TPSA) is 84.7 Å². The fourth-order valence-electron chi connectivity index (χ4n) is 3.84. The van der Waals surface area contributed by atoms with Gasteiger partial charge in [-0.3, -0.25) is 4.90 Å². The van der Waals surface area contributed by atoms with E-state index >= 15 is 0 Å². The minimum Gasteiger partial charge on any atom is -0.444 e. The molecular formula is C19H24N4O4S. The Balaban J connectivity index is 1.52. The number of benzene rings is 1. The largest absolute Gasteiger partial charge is 0.444 e. The molecule has 2 aliphatic heterocycles. The highest BCUT2D eigenvalue weighted by Gasteiger charge is 2.37. The highest BCUT2D eigenvalue weighted by Crippen LogP contribution is 2.33. The molecule has 0 N–H and O–H groups in total. The summed E-state index contributed by atoms with van der Waals surface area (Å²) < 4.78 is 34.3. The summed E-state index contributed by atoms with van der Waals surface area (Å²) >= 11 is 0. The summed E-state index contributed by atoms with van der Waals surface area (Å²) in [6, 6.07) is 5.86. The summed E-state index contributed by atoms with van der Waals surface area (Å²) in [7, 11) is -1.86. The van der Waals surface area contributed by atoms with Crippen molar-refractivity contribution < 1.29 is 17.9 Å². The third-order valence-corrected chi connectivity index (χ3v) is 7.29. The van der Waals surface area contributed by atoms with Crippen molar-refractivity contribution in [3.63, 3.8) is 0 Å². The van der Waals surface area contributed by atoms with Gasteiger partial charge in [0.15, 0.2) is 5.03 Å². The van der Waals surface area contributed by atoms with Crippen molar-refractivity contribution in [2.75, 3.05) is 18.0 Å². The summed E-state index contributed by atoms with van der Waals surface area (Å²) in [5.41, 5.74) is 2.96. The van der Waals surface area contributed by atoms with Crippen molar-refractivity contribution in [1.82, 2.24) is 13.9 Å². The number of sulfonamides is 1. The van der Waals surface area contributed by atoms with Gasteiger partial charge in [0.05, 0.1) is 5.69 Å². The lowest BCUT2D eigenvalue weighted by Gasteiger charge is -2.39. The van der Waals surface area contributed by atoms with Gasteiger partial charge in [0.1, 0.15) is 12.4 Å². The second kappa shape index (κ2) is 6.89. The number of carbonyl (C=O) groups excluding carboxylic acids is 1. The van der Waals surface area contributed by atoms with Crippen LogP contribution in [0.4, 0.5) is 10.5 Å². The Morgan fingerprint density at radius 1 is 1.18 bits per heavy atom. The van der Waals surface area contributed by atoms with Gasteiger partial charge in [-0.15, -0.1) is 0 Å². The maximum Gasteiger partial charge on any atom is 0.414 e. The van der Waals surface area contributed by atoms with Crippen molar-refractivity contribution >= 4 is 21.8 Å². The van der Waals surface area contributed by atoms with Crippen LogP contribution in [0.2, 0.25) is 0 Å². The van der Waals surface area contributed by atoms with E-state index in [4.69, 9.17) is 4.74 Å². The molecule has 4 rings (SSSR count). The number of ether oxygens (including phenoxy) is 1. The molecule has 2 aromatic rings. The van der Waals surface area contributed by atoms with E-state index in [2.05, 4.69) is 4.98 Å². The lowest BCUT2D eigenvalue weighted by molar-refractivity contribution is 0.135. The van der Waals surface area contributed by atoms with Crippen LogP contribution in [0, 0.1) is 13.8 Å². The summed E-state index contributed by atoms with van der Waals surface area (Å²) in [5.74, 6) is 0.649. The Hall–Kier alpha value is -2.39. The molecule has 2 aliphatic rings. The number of fused-ring (bicyclic) bond motifs is 1. The predicted octanol–water partition coefficient (Wildman–Crippen LogP) is 2.35. The van der Waals surface area contributed by atoms with Crippen LogP contribution in [0.25, 0.3) is 0 Å². The number of cyclic esters (lactones) is 1. The first-order chi connectivity index (χ1) is 13.3. The van der Waals surface area contributed by atoms with Gasteiger partial charge in [0, 0.05) is 37.9 Å². The quantitative estimate of drug-likeness (QED) is 0.784. The molecule has 150 valence electrons. The molecule has 0 bridgehead atoms. The second-order valence-electron chi connectivity index (χ2n) is 7.43. The lowest BCUT2D eigenvalue weighted by atomic mass is 10.0. The number of piperidine rings is 1. The van der Waals surface area contributed by atoms with Gasteiger partial charge < -0.3 is 9.30 Å². The molecule has 8 nitrogen and oxygen atoms in total. The fraction of sp³-hybridized carbons (Fsp3) is 0.474. The summed E-state index contributed by atoms with van der Waals surface area (Å²) in [6.07, 6.45) is 2.27. The number of rotatable bonds is 3. The minimum absolute atomic E-state index is 0.0733. The number of aromatic nitrogens is 2. The molecule has 1 fully saturated rings. The number of aryl methyl sites for hydroxylation is 3. The smallest absolute Gasteiger partial charge is 0.414 e. The molecule has 1 amide bonds. The van der Waals surface area contributed by atoms with Gasteiger partial charge in [-0.2, -0.15) is 4.31 Å². The van der Waals surface area contributed by atoms with Crippen molar-refractivity contribution in [1.29, 1.82) is 0 Å². The molecule has 1 aromatic heterocycles. The highest BCUT2D eigenvalue weighted by molar-refractivity contribution is 7.89. The predicted molar refractivity (Wildman–Crippen MR) is 104 cm³/mol. The minimum atomic E-state index is -3.63. The van der Waals surface area contributed by atoms with Gasteiger partial charge in [-0.25, -0.2) is 18.2 Å². The first-order valence-corrected chi connectivity index (χ1v) is 10.8. The Morgan fingerprint density at radius 3 is 2.54 bits per heavy atom. The zero-order valence-electron chi connectivity index (χ0n) is 16.3. The van der Waals surface area contributed by atoms with Gasteiger partial charge in [-0.1, -0.05) is 17.7 Å². The molecule has 0 unspecified atom stereocenters. The van der Waals surface area contributed by atoms with E-state index < -0.39 is 10.0 Å². The molecule has 3 heterocycles. The van der Waals surface area contributed by atoms with E-state index in [-0.39, 0.29) is 23.8 Å². The third-order valence-electron chi connectivity index (χ3n) is 5.52. The number of hydrogen-bond donors (Lipinski definition) is 0. The molecule has 0 aliphatic carbocycles. The van der Waals surface area contributed by atoms with Crippen LogP contribution in [-0.2, 0) is 28.4 Å². The maximum atomic E-state index is 12.9. The van der Waals surface area contributed by atoms with E-state index in [9.17, 15) is 13.2 Å². The molecular weight excluding hydrogens is 380 g/mol. The number of amides is 1. The molecule has 1 aromatic carbocycles. The van der Waals surface area contributed by atoms with Crippen molar-refractivity contribution in [3.05, 3.63) is 41.3 Å². The van der Waals surface area contributed by atoms with Gasteiger partial charge >= 0.3 is 6.09 Å². The maximum absolute atomic E-state index is 12.9. The van der Waals surface area contributed by atoms with E-state index in [0.717, 1.165) is 16.8 Å². The van der Waals surface area contributed by atoms with Crippen molar-refractivity contribution in [2.45, 2.75) is 44.4 Å². The van der Waals surface area contributed by atoms with E-state index in [1.165, 1.54) is 10.5 Å². The van der Waals surface area contributed by atoms with E-state index in [1.807, 2.05) is 25.1 Å². The zero-order valence-corrected chi connectivity index (χ0v) is 17.1. The SMILES string of the molecule is Cc1ccc2c(c1)COC(=O)N2C1CCN(S(=O)(=O)c2cn(C)c(C)n2)CC1. The molecule has 28 heavy (non-hydrogen) atoms. The van der Waals surface area contributed by atoms with Crippen LogP contribution in [0.1, 0.15) is 29.8 Å². The third kappa shape index (κ3) is 3.18. The Bertz CT molecular complexity index is 1000. The Morgan fingerprint density at radius 2 is 1.89 bits per heavy atom. The summed E-state index contributed by atoms with van der Waals surface area (Å²) in [6.45, 7) is 4.73. The van der Waals surface area contributed by atoms with Crippen LogP contribution < -0.4 is 4.90 Å². The lowest BCUT2D eigenvalue weighted by Crippen LogP contribution is -2.50. The zero-order chi connectivity index (χ0) is 20.1. The molecule has 0 spiro atoms. The van der Waals surface area contributed by atoms with Gasteiger partial charge in [0.25, 0.3) is 10.0 Å². The van der Waals surface area contributed by atoms with Crippen LogP contribution >= 0.6 is 0 Å². The molecule has 0 radical (unpaired) electrons. The van der Waals surface area contributed by atoms with E-state index in [0.29, 0.717) is 31.8 Å². The molecule has 0 saturated carbocycles. The standard InChI is InChI=1S/C19H24N4O4S/c1-13-4-5-17-15(10-13)12-27-19(24)23(17)16-6-8-22(9-7-16)28(25,26)18-11-21(3)14(2)20-18/h4-5,10-11,16H,6-9,12H2,1-3H3. The van der Waals surface area contributed by atoms with Crippen molar-refractivity contribution in [2.24, 2.45) is 7.05 Å². The first kappa shape index (κ1) is 18.9. The first-order valence-electron chi connectivity index (χ1n) is 9.33. The molecule has 0 atom stereocenters. The van der Waals surface area contributed by atoms with Crippen molar-refractivity contribution in [3.8, 4) is 0 Å². The number of carbonyl (C=O) groups is 1. The fourth-order valence-corrected chi connectivity index (χ4v) is 5.34. The summed E-state index contributed by atoms with van der Waals surface area (Å²) in [5, 5.41) is 0.0733. The highest BCUT2D eigenvalue weighted by atomic mass is 32.2. The van der Waals surface area contributed by atoms with Crippen LogP contribution in [-0.4, -0.2) is 47.5 Å². The van der Waals surface area contributed by atoms with Gasteiger partial charge in [-0.05, 0) is 32.8 Å². The van der Waals surface area contributed by atoms with Crippen LogP contribution in [0.5, 0.6) is 0 Å². The average Bonchev–Trinajstić information content (AvgIpc) is 3.01. The monoisotopic (exact) mass is 404 g/mol.